The number of methoxy groups -OCH3 is 1. The Hall–Kier alpha value is -2.34. The zero-order valence-electron chi connectivity index (χ0n) is 16.5. The van der Waals surface area contributed by atoms with Crippen LogP contribution in [0, 0.1) is 0 Å². The third-order valence-electron chi connectivity index (χ3n) is 4.84. The van der Waals surface area contributed by atoms with E-state index in [2.05, 4.69) is 0 Å². The fraction of sp³-hybridized carbons (Fsp3) is 0.217. The molecule has 0 amide bonds. The summed E-state index contributed by atoms with van der Waals surface area (Å²) in [5, 5.41) is 0.501. The summed E-state index contributed by atoms with van der Waals surface area (Å²) in [6, 6.07) is 23.2. The van der Waals surface area contributed by atoms with E-state index < -0.39 is 10.0 Å². The number of benzene rings is 3. The first-order valence-corrected chi connectivity index (χ1v) is 11.2. The zero-order valence-corrected chi connectivity index (χ0v) is 18.0. The Balaban J connectivity index is 2.05. The van der Waals surface area contributed by atoms with Gasteiger partial charge in [-0.25, -0.2) is 8.42 Å². The number of hydrogen-bond donors (Lipinski definition) is 0. The maximum absolute atomic E-state index is 13.6. The first-order chi connectivity index (χ1) is 14.0. The Morgan fingerprint density at radius 1 is 0.931 bits per heavy atom. The molecule has 3 rings (SSSR count). The summed E-state index contributed by atoms with van der Waals surface area (Å²) in [7, 11) is -2.14. The highest BCUT2D eigenvalue weighted by Gasteiger charge is 2.31. The molecule has 152 valence electrons. The van der Waals surface area contributed by atoms with Gasteiger partial charge in [-0.3, -0.25) is 0 Å². The summed E-state index contributed by atoms with van der Waals surface area (Å²) < 4.78 is 34.0. The summed E-state index contributed by atoms with van der Waals surface area (Å²) in [4.78, 5) is 0.227. The van der Waals surface area contributed by atoms with E-state index >= 15 is 0 Å². The standard InChI is InChI=1S/C23H24ClNO3S/c1-3-23(19-7-5-4-6-8-19)25(17-18-9-13-21(28-2)14-10-18)29(26,27)22-15-11-20(24)12-16-22/h4-16,23H,3,17H2,1-2H3. The molecule has 0 bridgehead atoms. The van der Waals surface area contributed by atoms with Crippen molar-refractivity contribution < 1.29 is 13.2 Å². The van der Waals surface area contributed by atoms with E-state index in [4.69, 9.17) is 16.3 Å². The lowest BCUT2D eigenvalue weighted by atomic mass is 10.0. The molecule has 0 spiro atoms. The highest BCUT2D eigenvalue weighted by atomic mass is 35.5. The van der Waals surface area contributed by atoms with Gasteiger partial charge in [-0.15, -0.1) is 0 Å². The van der Waals surface area contributed by atoms with Gasteiger partial charge in [0.05, 0.1) is 18.0 Å². The molecule has 0 N–H and O–H groups in total. The molecule has 1 unspecified atom stereocenters. The second-order valence-electron chi connectivity index (χ2n) is 6.69. The van der Waals surface area contributed by atoms with Crippen molar-refractivity contribution in [3.63, 3.8) is 0 Å². The number of ether oxygens (including phenoxy) is 1. The number of sulfonamides is 1. The summed E-state index contributed by atoms with van der Waals surface area (Å²) in [6.07, 6.45) is 0.646. The van der Waals surface area contributed by atoms with Gasteiger partial charge in [0, 0.05) is 11.6 Å². The van der Waals surface area contributed by atoms with Gasteiger partial charge in [-0.2, -0.15) is 4.31 Å². The van der Waals surface area contributed by atoms with Gasteiger partial charge in [0.25, 0.3) is 0 Å². The van der Waals surface area contributed by atoms with Gasteiger partial charge >= 0.3 is 0 Å². The van der Waals surface area contributed by atoms with Crippen LogP contribution in [-0.2, 0) is 16.6 Å². The molecule has 0 aliphatic rings. The molecule has 1 atom stereocenters. The average Bonchev–Trinajstić information content (AvgIpc) is 2.75. The minimum atomic E-state index is -3.75. The molecule has 0 aliphatic carbocycles. The Morgan fingerprint density at radius 2 is 1.55 bits per heavy atom. The van der Waals surface area contributed by atoms with Gasteiger partial charge in [0.15, 0.2) is 0 Å². The highest BCUT2D eigenvalue weighted by molar-refractivity contribution is 7.89. The first-order valence-electron chi connectivity index (χ1n) is 9.41. The third kappa shape index (κ3) is 4.99. The third-order valence-corrected chi connectivity index (χ3v) is 6.96. The maximum Gasteiger partial charge on any atom is 0.243 e. The van der Waals surface area contributed by atoms with Crippen LogP contribution in [0.3, 0.4) is 0 Å². The Kier molecular flexibility index (Phi) is 6.96. The molecule has 0 aliphatic heterocycles. The summed E-state index contributed by atoms with van der Waals surface area (Å²) in [5.41, 5.74) is 1.85. The van der Waals surface area contributed by atoms with Crippen LogP contribution in [-0.4, -0.2) is 19.8 Å². The molecule has 0 saturated carbocycles. The lowest BCUT2D eigenvalue weighted by Crippen LogP contribution is -2.34. The highest BCUT2D eigenvalue weighted by Crippen LogP contribution is 2.32. The Labute approximate surface area is 177 Å². The molecule has 3 aromatic rings. The van der Waals surface area contributed by atoms with Crippen molar-refractivity contribution in [2.45, 2.75) is 30.8 Å². The fourth-order valence-electron chi connectivity index (χ4n) is 3.30. The van der Waals surface area contributed by atoms with E-state index in [1.54, 1.807) is 35.7 Å². The number of hydrogen-bond acceptors (Lipinski definition) is 3. The SMILES string of the molecule is CCC(c1ccccc1)N(Cc1ccc(OC)cc1)S(=O)(=O)c1ccc(Cl)cc1. The molecule has 0 saturated heterocycles. The van der Waals surface area contributed by atoms with E-state index in [-0.39, 0.29) is 17.5 Å². The normalized spacial score (nSPS) is 12.7. The molecule has 4 nitrogen and oxygen atoms in total. The minimum absolute atomic E-state index is 0.227. The van der Waals surface area contributed by atoms with Crippen LogP contribution >= 0.6 is 11.6 Å². The van der Waals surface area contributed by atoms with Crippen molar-refractivity contribution in [1.29, 1.82) is 0 Å². The van der Waals surface area contributed by atoms with E-state index in [9.17, 15) is 8.42 Å². The van der Waals surface area contributed by atoms with Crippen molar-refractivity contribution in [3.05, 3.63) is 95.0 Å². The van der Waals surface area contributed by atoms with Crippen LogP contribution in [0.5, 0.6) is 5.75 Å². The summed E-state index contributed by atoms with van der Waals surface area (Å²) in [5.74, 6) is 0.732. The monoisotopic (exact) mass is 429 g/mol. The van der Waals surface area contributed by atoms with Gasteiger partial charge in [0.1, 0.15) is 5.75 Å². The Bertz CT molecular complexity index is 1020. The van der Waals surface area contributed by atoms with Gasteiger partial charge in [-0.1, -0.05) is 61.0 Å². The fourth-order valence-corrected chi connectivity index (χ4v) is 5.10. The van der Waals surface area contributed by atoms with Crippen molar-refractivity contribution in [2.75, 3.05) is 7.11 Å². The van der Waals surface area contributed by atoms with Crippen LogP contribution in [0.4, 0.5) is 0 Å². The van der Waals surface area contributed by atoms with Gasteiger partial charge in [0.2, 0.25) is 10.0 Å². The van der Waals surface area contributed by atoms with Crippen LogP contribution in [0.15, 0.2) is 83.8 Å². The average molecular weight is 430 g/mol. The molecule has 0 radical (unpaired) electrons. The second kappa shape index (κ2) is 9.44. The van der Waals surface area contributed by atoms with E-state index in [0.29, 0.717) is 11.4 Å². The van der Waals surface area contributed by atoms with Crippen molar-refractivity contribution in [3.8, 4) is 5.75 Å². The smallest absolute Gasteiger partial charge is 0.243 e. The molecule has 0 heterocycles. The van der Waals surface area contributed by atoms with Crippen LogP contribution < -0.4 is 4.74 Å². The van der Waals surface area contributed by atoms with Crippen molar-refractivity contribution in [2.24, 2.45) is 0 Å². The summed E-state index contributed by atoms with van der Waals surface area (Å²) >= 11 is 5.97. The topological polar surface area (TPSA) is 46.6 Å². The maximum atomic E-state index is 13.6. The van der Waals surface area contributed by atoms with Crippen LogP contribution in [0.25, 0.3) is 0 Å². The predicted molar refractivity (Wildman–Crippen MR) is 117 cm³/mol. The summed E-state index contributed by atoms with van der Waals surface area (Å²) in [6.45, 7) is 2.25. The quantitative estimate of drug-likeness (QED) is 0.462. The minimum Gasteiger partial charge on any atom is -0.497 e. The molecule has 0 aromatic heterocycles. The second-order valence-corrected chi connectivity index (χ2v) is 9.01. The number of halogens is 1. The first kappa shape index (κ1) is 21.4. The number of nitrogens with zero attached hydrogens (tertiary/aromatic N) is 1. The molecule has 6 heteroatoms. The molecular weight excluding hydrogens is 406 g/mol. The van der Waals surface area contributed by atoms with Gasteiger partial charge in [-0.05, 0) is 53.9 Å². The predicted octanol–water partition coefficient (Wildman–Crippen LogP) is 5.69. The Morgan fingerprint density at radius 3 is 2.10 bits per heavy atom. The zero-order chi connectivity index (χ0) is 20.9. The van der Waals surface area contributed by atoms with Crippen molar-refractivity contribution in [1.82, 2.24) is 4.31 Å². The molecule has 3 aromatic carbocycles. The molecular formula is C23H24ClNO3S. The van der Waals surface area contributed by atoms with Crippen LogP contribution in [0.1, 0.15) is 30.5 Å². The van der Waals surface area contributed by atoms with E-state index in [1.807, 2.05) is 61.5 Å². The van der Waals surface area contributed by atoms with Crippen LogP contribution in [0.2, 0.25) is 5.02 Å². The molecule has 29 heavy (non-hydrogen) atoms. The molecule has 0 fully saturated rings. The largest absolute Gasteiger partial charge is 0.497 e. The number of rotatable bonds is 8. The lowest BCUT2D eigenvalue weighted by Gasteiger charge is -2.31. The van der Waals surface area contributed by atoms with E-state index in [0.717, 1.165) is 16.9 Å². The van der Waals surface area contributed by atoms with Crippen molar-refractivity contribution >= 4 is 21.6 Å². The van der Waals surface area contributed by atoms with E-state index in [1.165, 1.54) is 0 Å². The lowest BCUT2D eigenvalue weighted by molar-refractivity contribution is 0.309. The van der Waals surface area contributed by atoms with Gasteiger partial charge < -0.3 is 4.74 Å².